The SMILES string of the molecule is O=C(O)C1CCC(C(=O)NC2CCN(c3ccccc3)C2=O)CC1. The Kier molecular flexibility index (Phi) is 4.83. The van der Waals surface area contributed by atoms with Crippen molar-refractivity contribution in [2.24, 2.45) is 11.8 Å². The quantitative estimate of drug-likeness (QED) is 0.881. The monoisotopic (exact) mass is 330 g/mol. The Morgan fingerprint density at radius 1 is 1.00 bits per heavy atom. The first-order valence-electron chi connectivity index (χ1n) is 8.46. The van der Waals surface area contributed by atoms with Crippen molar-refractivity contribution in [3.05, 3.63) is 30.3 Å². The van der Waals surface area contributed by atoms with Gasteiger partial charge in [0.1, 0.15) is 6.04 Å². The number of hydrogen-bond acceptors (Lipinski definition) is 3. The van der Waals surface area contributed by atoms with Crippen LogP contribution in [0.25, 0.3) is 0 Å². The third-order valence-corrected chi connectivity index (χ3v) is 5.04. The van der Waals surface area contributed by atoms with E-state index in [4.69, 9.17) is 5.11 Å². The van der Waals surface area contributed by atoms with Crippen LogP contribution < -0.4 is 10.2 Å². The second-order valence-electron chi connectivity index (χ2n) is 6.56. The highest BCUT2D eigenvalue weighted by Gasteiger charge is 2.36. The van der Waals surface area contributed by atoms with Gasteiger partial charge in [-0.25, -0.2) is 0 Å². The minimum absolute atomic E-state index is 0.0752. The van der Waals surface area contributed by atoms with Gasteiger partial charge in [0.25, 0.3) is 0 Å². The molecule has 1 saturated heterocycles. The van der Waals surface area contributed by atoms with Gasteiger partial charge in [0, 0.05) is 18.2 Å². The molecule has 1 saturated carbocycles. The highest BCUT2D eigenvalue weighted by molar-refractivity contribution is 6.01. The zero-order valence-electron chi connectivity index (χ0n) is 13.5. The molecule has 2 aliphatic rings. The molecular formula is C18H22N2O4. The van der Waals surface area contributed by atoms with E-state index in [0.717, 1.165) is 5.69 Å². The second kappa shape index (κ2) is 7.03. The summed E-state index contributed by atoms with van der Waals surface area (Å²) in [5, 5.41) is 11.9. The predicted molar refractivity (Wildman–Crippen MR) is 88.4 cm³/mol. The second-order valence-corrected chi connectivity index (χ2v) is 6.56. The highest BCUT2D eigenvalue weighted by Crippen LogP contribution is 2.29. The fourth-order valence-corrected chi connectivity index (χ4v) is 3.57. The number of amides is 2. The lowest BCUT2D eigenvalue weighted by molar-refractivity contribution is -0.144. The van der Waals surface area contributed by atoms with Gasteiger partial charge in [-0.05, 0) is 44.2 Å². The van der Waals surface area contributed by atoms with E-state index in [0.29, 0.717) is 38.6 Å². The van der Waals surface area contributed by atoms with Crippen LogP contribution in [0.3, 0.4) is 0 Å². The number of para-hydroxylation sites is 1. The zero-order chi connectivity index (χ0) is 17.1. The minimum Gasteiger partial charge on any atom is -0.481 e. The van der Waals surface area contributed by atoms with E-state index in [1.807, 2.05) is 30.3 Å². The fraction of sp³-hybridized carbons (Fsp3) is 0.500. The molecule has 6 nitrogen and oxygen atoms in total. The summed E-state index contributed by atoms with van der Waals surface area (Å²) in [6.07, 6.45) is 2.81. The van der Waals surface area contributed by atoms with Crippen LogP contribution in [-0.2, 0) is 14.4 Å². The minimum atomic E-state index is -0.779. The Labute approximate surface area is 140 Å². The molecule has 128 valence electrons. The largest absolute Gasteiger partial charge is 0.481 e. The van der Waals surface area contributed by atoms with Crippen molar-refractivity contribution in [3.63, 3.8) is 0 Å². The molecule has 1 aliphatic heterocycles. The van der Waals surface area contributed by atoms with E-state index in [2.05, 4.69) is 5.32 Å². The summed E-state index contributed by atoms with van der Waals surface area (Å²) >= 11 is 0. The molecule has 6 heteroatoms. The lowest BCUT2D eigenvalue weighted by atomic mass is 9.81. The van der Waals surface area contributed by atoms with Gasteiger partial charge >= 0.3 is 5.97 Å². The van der Waals surface area contributed by atoms with E-state index in [-0.39, 0.29) is 23.7 Å². The summed E-state index contributed by atoms with van der Waals surface area (Å²) in [7, 11) is 0. The van der Waals surface area contributed by atoms with Gasteiger partial charge in [-0.15, -0.1) is 0 Å². The molecule has 1 heterocycles. The lowest BCUT2D eigenvalue weighted by Crippen LogP contribution is -2.44. The smallest absolute Gasteiger partial charge is 0.306 e. The van der Waals surface area contributed by atoms with E-state index in [1.54, 1.807) is 4.90 Å². The van der Waals surface area contributed by atoms with E-state index in [1.165, 1.54) is 0 Å². The van der Waals surface area contributed by atoms with Crippen LogP contribution in [0.5, 0.6) is 0 Å². The van der Waals surface area contributed by atoms with Crippen molar-refractivity contribution < 1.29 is 19.5 Å². The summed E-state index contributed by atoms with van der Waals surface area (Å²) in [5.41, 5.74) is 0.848. The molecule has 2 amide bonds. The number of nitrogens with zero attached hydrogens (tertiary/aromatic N) is 1. The molecule has 0 spiro atoms. The van der Waals surface area contributed by atoms with Gasteiger partial charge in [-0.2, -0.15) is 0 Å². The Bertz CT molecular complexity index is 623. The summed E-state index contributed by atoms with van der Waals surface area (Å²) in [6.45, 7) is 0.597. The summed E-state index contributed by atoms with van der Waals surface area (Å²) in [5.74, 6) is -1.49. The van der Waals surface area contributed by atoms with Crippen LogP contribution in [-0.4, -0.2) is 35.5 Å². The number of carboxylic acid groups (broad SMARTS) is 1. The molecule has 2 N–H and O–H groups in total. The molecule has 1 atom stereocenters. The number of carboxylic acids is 1. The van der Waals surface area contributed by atoms with Gasteiger partial charge in [0.05, 0.1) is 5.92 Å². The number of nitrogens with one attached hydrogen (secondary N) is 1. The molecule has 1 aromatic carbocycles. The number of carbonyl (C=O) groups excluding carboxylic acids is 2. The predicted octanol–water partition coefficient (Wildman–Crippen LogP) is 1.80. The molecule has 0 bridgehead atoms. The molecular weight excluding hydrogens is 308 g/mol. The first-order chi connectivity index (χ1) is 11.6. The van der Waals surface area contributed by atoms with Crippen molar-refractivity contribution in [3.8, 4) is 0 Å². The van der Waals surface area contributed by atoms with Gasteiger partial charge in [0.2, 0.25) is 11.8 Å². The summed E-state index contributed by atoms with van der Waals surface area (Å²) in [6, 6.07) is 8.96. The summed E-state index contributed by atoms with van der Waals surface area (Å²) < 4.78 is 0. The number of aliphatic carboxylic acids is 1. The standard InChI is InChI=1S/C18H22N2O4/c21-16(12-6-8-13(9-7-12)18(23)24)19-15-10-11-20(17(15)22)14-4-2-1-3-5-14/h1-5,12-13,15H,6-11H2,(H,19,21)(H,23,24). The fourth-order valence-electron chi connectivity index (χ4n) is 3.57. The molecule has 2 fully saturated rings. The van der Waals surface area contributed by atoms with Gasteiger partial charge in [-0.1, -0.05) is 18.2 Å². The lowest BCUT2D eigenvalue weighted by Gasteiger charge is -2.26. The molecule has 1 aliphatic carbocycles. The van der Waals surface area contributed by atoms with Crippen LogP contribution in [0.4, 0.5) is 5.69 Å². The van der Waals surface area contributed by atoms with Crippen molar-refractivity contribution >= 4 is 23.5 Å². The van der Waals surface area contributed by atoms with E-state index >= 15 is 0 Å². The first kappa shape index (κ1) is 16.5. The highest BCUT2D eigenvalue weighted by atomic mass is 16.4. The number of rotatable bonds is 4. The van der Waals surface area contributed by atoms with Crippen molar-refractivity contribution in [1.29, 1.82) is 0 Å². The van der Waals surface area contributed by atoms with E-state index < -0.39 is 12.0 Å². The zero-order valence-corrected chi connectivity index (χ0v) is 13.5. The Morgan fingerprint density at radius 3 is 2.25 bits per heavy atom. The van der Waals surface area contributed by atoms with Crippen molar-refractivity contribution in [1.82, 2.24) is 5.32 Å². The Balaban J connectivity index is 1.54. The van der Waals surface area contributed by atoms with Crippen LogP contribution in [0.2, 0.25) is 0 Å². The van der Waals surface area contributed by atoms with E-state index in [9.17, 15) is 14.4 Å². The number of hydrogen-bond donors (Lipinski definition) is 2. The van der Waals surface area contributed by atoms with Crippen LogP contribution in [0, 0.1) is 11.8 Å². The van der Waals surface area contributed by atoms with Crippen LogP contribution in [0.15, 0.2) is 30.3 Å². The number of benzene rings is 1. The molecule has 24 heavy (non-hydrogen) atoms. The number of anilines is 1. The molecule has 0 radical (unpaired) electrons. The third-order valence-electron chi connectivity index (χ3n) is 5.04. The summed E-state index contributed by atoms with van der Waals surface area (Å²) in [4.78, 5) is 37.6. The molecule has 1 unspecified atom stereocenters. The van der Waals surface area contributed by atoms with Crippen molar-refractivity contribution in [2.45, 2.75) is 38.1 Å². The maximum absolute atomic E-state index is 12.5. The van der Waals surface area contributed by atoms with Crippen LogP contribution >= 0.6 is 0 Å². The van der Waals surface area contributed by atoms with Gasteiger partial charge in [-0.3, -0.25) is 14.4 Å². The maximum atomic E-state index is 12.5. The van der Waals surface area contributed by atoms with Gasteiger partial charge < -0.3 is 15.3 Å². The topological polar surface area (TPSA) is 86.7 Å². The molecule has 3 rings (SSSR count). The normalized spacial score (nSPS) is 27.1. The van der Waals surface area contributed by atoms with Crippen molar-refractivity contribution in [2.75, 3.05) is 11.4 Å². The van der Waals surface area contributed by atoms with Gasteiger partial charge in [0.15, 0.2) is 0 Å². The van der Waals surface area contributed by atoms with Crippen LogP contribution in [0.1, 0.15) is 32.1 Å². The maximum Gasteiger partial charge on any atom is 0.306 e. The average Bonchev–Trinajstić information content (AvgIpc) is 2.96. The Morgan fingerprint density at radius 2 is 1.62 bits per heavy atom. The molecule has 1 aromatic rings. The first-order valence-corrected chi connectivity index (χ1v) is 8.46. The Hall–Kier alpha value is -2.37. The molecule has 0 aromatic heterocycles. The third kappa shape index (κ3) is 3.42. The number of carbonyl (C=O) groups is 3. The average molecular weight is 330 g/mol.